The molecule has 2 saturated carbocycles. The van der Waals surface area contributed by atoms with Crippen LogP contribution in [-0.4, -0.2) is 43.9 Å². The van der Waals surface area contributed by atoms with Gasteiger partial charge in [0.1, 0.15) is 5.82 Å². The normalized spacial score (nSPS) is 24.4. The molecule has 0 spiro atoms. The van der Waals surface area contributed by atoms with E-state index < -0.39 is 0 Å². The molecule has 2 heterocycles. The summed E-state index contributed by atoms with van der Waals surface area (Å²) < 4.78 is 16.4. The highest BCUT2D eigenvalue weighted by molar-refractivity contribution is 7.99. The Kier molecular flexibility index (Phi) is 5.33. The predicted octanol–water partition coefficient (Wildman–Crippen LogP) is 4.69. The summed E-state index contributed by atoms with van der Waals surface area (Å²) >= 11 is 1.45. The second-order valence-electron chi connectivity index (χ2n) is 8.52. The molecule has 2 aromatic rings. The standard InChI is InChI=1S/C22H27FN4OS/c23-18-9-3-2-8-17(18)21-24-25-22(27(21)16-11-12-16)29-14-20(28)26-13-5-7-15-6-1-4-10-19(15)26/h2-3,8-9,15-16,19H,1,4-7,10-14H2. The average molecular weight is 415 g/mol. The number of aromatic nitrogens is 3. The highest BCUT2D eigenvalue weighted by Crippen LogP contribution is 2.42. The number of thioether (sulfide) groups is 1. The van der Waals surface area contributed by atoms with Crippen LogP contribution < -0.4 is 0 Å². The molecule has 5 nitrogen and oxygen atoms in total. The first-order chi connectivity index (χ1) is 14.2. The first kappa shape index (κ1) is 19.1. The molecule has 0 N–H and O–H groups in total. The number of rotatable bonds is 5. The maximum atomic E-state index is 14.3. The second-order valence-corrected chi connectivity index (χ2v) is 9.46. The smallest absolute Gasteiger partial charge is 0.233 e. The van der Waals surface area contributed by atoms with E-state index in [9.17, 15) is 9.18 Å². The van der Waals surface area contributed by atoms with Crippen molar-refractivity contribution in [3.8, 4) is 11.4 Å². The van der Waals surface area contributed by atoms with Crippen LogP contribution in [0.3, 0.4) is 0 Å². The summed E-state index contributed by atoms with van der Waals surface area (Å²) in [7, 11) is 0. The monoisotopic (exact) mass is 414 g/mol. The highest BCUT2D eigenvalue weighted by Gasteiger charge is 2.36. The second kappa shape index (κ2) is 8.09. The molecule has 5 rings (SSSR count). The minimum atomic E-state index is -0.286. The van der Waals surface area contributed by atoms with Gasteiger partial charge >= 0.3 is 0 Å². The quantitative estimate of drug-likeness (QED) is 0.666. The molecule has 2 atom stereocenters. The van der Waals surface area contributed by atoms with Crippen molar-refractivity contribution in [1.29, 1.82) is 0 Å². The number of hydrogen-bond acceptors (Lipinski definition) is 4. The fraction of sp³-hybridized carbons (Fsp3) is 0.591. The first-order valence-electron chi connectivity index (χ1n) is 10.8. The third-order valence-corrected chi connectivity index (χ3v) is 7.51. The number of fused-ring (bicyclic) bond motifs is 1. The number of piperidine rings is 1. The molecular formula is C22H27FN4OS. The number of carbonyl (C=O) groups is 1. The molecule has 2 aliphatic carbocycles. The van der Waals surface area contributed by atoms with Crippen LogP contribution in [0.5, 0.6) is 0 Å². The number of amides is 1. The van der Waals surface area contributed by atoms with Gasteiger partial charge in [-0.15, -0.1) is 10.2 Å². The summed E-state index contributed by atoms with van der Waals surface area (Å²) in [5, 5.41) is 9.36. The van der Waals surface area contributed by atoms with Gasteiger partial charge in [0.15, 0.2) is 11.0 Å². The van der Waals surface area contributed by atoms with Crippen molar-refractivity contribution in [2.24, 2.45) is 5.92 Å². The first-order valence-corrected chi connectivity index (χ1v) is 11.8. The van der Waals surface area contributed by atoms with E-state index >= 15 is 0 Å². The van der Waals surface area contributed by atoms with Gasteiger partial charge in [0.05, 0.1) is 11.3 Å². The highest BCUT2D eigenvalue weighted by atomic mass is 32.2. The number of nitrogens with zero attached hydrogens (tertiary/aromatic N) is 4. The van der Waals surface area contributed by atoms with E-state index in [1.54, 1.807) is 12.1 Å². The van der Waals surface area contributed by atoms with Crippen molar-refractivity contribution in [3.05, 3.63) is 30.1 Å². The van der Waals surface area contributed by atoms with Gasteiger partial charge in [-0.05, 0) is 56.6 Å². The van der Waals surface area contributed by atoms with Crippen LogP contribution in [-0.2, 0) is 4.79 Å². The van der Waals surface area contributed by atoms with Gasteiger partial charge in [0.25, 0.3) is 0 Å². The molecule has 2 unspecified atom stereocenters. The Morgan fingerprint density at radius 2 is 1.86 bits per heavy atom. The van der Waals surface area contributed by atoms with Gasteiger partial charge in [-0.1, -0.05) is 36.7 Å². The number of likely N-dealkylation sites (tertiary alicyclic amines) is 1. The summed E-state index contributed by atoms with van der Waals surface area (Å²) in [6, 6.07) is 7.44. The minimum Gasteiger partial charge on any atom is -0.339 e. The van der Waals surface area contributed by atoms with E-state index in [1.165, 1.54) is 43.5 Å². The van der Waals surface area contributed by atoms with Gasteiger partial charge in [0.2, 0.25) is 5.91 Å². The number of halogens is 1. The maximum absolute atomic E-state index is 14.3. The SMILES string of the molecule is O=C(CSc1nnc(-c2ccccc2F)n1C1CC1)N1CCCC2CCCCC21. The number of hydrogen-bond donors (Lipinski definition) is 0. The Hall–Kier alpha value is -1.89. The van der Waals surface area contributed by atoms with Gasteiger partial charge in [0, 0.05) is 18.6 Å². The molecule has 1 aliphatic heterocycles. The Morgan fingerprint density at radius 1 is 1.07 bits per heavy atom. The van der Waals surface area contributed by atoms with Crippen LogP contribution in [0.1, 0.15) is 57.4 Å². The molecule has 1 aromatic carbocycles. The molecule has 29 heavy (non-hydrogen) atoms. The average Bonchev–Trinajstić information content (AvgIpc) is 3.51. The van der Waals surface area contributed by atoms with Crippen molar-refractivity contribution in [2.75, 3.05) is 12.3 Å². The summed E-state index contributed by atoms with van der Waals surface area (Å²) in [5.74, 6) is 1.57. The van der Waals surface area contributed by atoms with E-state index in [0.29, 0.717) is 35.1 Å². The number of benzene rings is 1. The summed E-state index contributed by atoms with van der Waals surface area (Å²) in [6.07, 6.45) is 9.45. The zero-order valence-corrected chi connectivity index (χ0v) is 17.4. The van der Waals surface area contributed by atoms with Crippen LogP contribution in [0.25, 0.3) is 11.4 Å². The van der Waals surface area contributed by atoms with Gasteiger partial charge in [-0.3, -0.25) is 9.36 Å². The Morgan fingerprint density at radius 3 is 2.69 bits per heavy atom. The molecule has 1 saturated heterocycles. The van der Waals surface area contributed by atoms with Crippen molar-refractivity contribution >= 4 is 17.7 Å². The van der Waals surface area contributed by atoms with Crippen LogP contribution in [0.2, 0.25) is 0 Å². The van der Waals surface area contributed by atoms with Gasteiger partial charge < -0.3 is 4.90 Å². The van der Waals surface area contributed by atoms with Crippen molar-refractivity contribution in [1.82, 2.24) is 19.7 Å². The van der Waals surface area contributed by atoms with E-state index in [4.69, 9.17) is 0 Å². The Balaban J connectivity index is 1.32. The zero-order valence-electron chi connectivity index (χ0n) is 16.6. The fourth-order valence-corrected chi connectivity index (χ4v) is 5.90. The lowest BCUT2D eigenvalue weighted by Crippen LogP contribution is -2.50. The molecule has 1 aromatic heterocycles. The maximum Gasteiger partial charge on any atom is 0.233 e. The van der Waals surface area contributed by atoms with Crippen LogP contribution in [0.4, 0.5) is 4.39 Å². The van der Waals surface area contributed by atoms with Crippen LogP contribution in [0, 0.1) is 11.7 Å². The molecule has 3 fully saturated rings. The fourth-order valence-electron chi connectivity index (χ4n) is 5.01. The van der Waals surface area contributed by atoms with E-state index in [0.717, 1.165) is 37.4 Å². The number of carbonyl (C=O) groups excluding carboxylic acids is 1. The lowest BCUT2D eigenvalue weighted by Gasteiger charge is -2.44. The lowest BCUT2D eigenvalue weighted by atomic mass is 9.78. The molecule has 7 heteroatoms. The largest absolute Gasteiger partial charge is 0.339 e. The molecule has 154 valence electrons. The molecule has 0 radical (unpaired) electrons. The summed E-state index contributed by atoms with van der Waals surface area (Å²) in [6.45, 7) is 0.885. The van der Waals surface area contributed by atoms with Crippen LogP contribution in [0.15, 0.2) is 29.4 Å². The van der Waals surface area contributed by atoms with E-state index in [2.05, 4.69) is 15.1 Å². The van der Waals surface area contributed by atoms with Crippen molar-refractivity contribution in [3.63, 3.8) is 0 Å². The predicted molar refractivity (Wildman–Crippen MR) is 111 cm³/mol. The third-order valence-electron chi connectivity index (χ3n) is 6.58. The van der Waals surface area contributed by atoms with E-state index in [-0.39, 0.29) is 11.7 Å². The van der Waals surface area contributed by atoms with Crippen molar-refractivity contribution in [2.45, 2.75) is 68.6 Å². The van der Waals surface area contributed by atoms with Gasteiger partial charge in [-0.25, -0.2) is 4.39 Å². The minimum absolute atomic E-state index is 0.212. The zero-order chi connectivity index (χ0) is 19.8. The van der Waals surface area contributed by atoms with Gasteiger partial charge in [-0.2, -0.15) is 0 Å². The Bertz CT molecular complexity index is 895. The molecular weight excluding hydrogens is 387 g/mol. The summed E-state index contributed by atoms with van der Waals surface area (Å²) in [4.78, 5) is 15.2. The van der Waals surface area contributed by atoms with Crippen molar-refractivity contribution < 1.29 is 9.18 Å². The molecule has 1 amide bonds. The topological polar surface area (TPSA) is 51.0 Å². The van der Waals surface area contributed by atoms with E-state index in [1.807, 2.05) is 10.6 Å². The van der Waals surface area contributed by atoms with Crippen LogP contribution >= 0.6 is 11.8 Å². The lowest BCUT2D eigenvalue weighted by molar-refractivity contribution is -0.134. The molecule has 3 aliphatic rings. The molecule has 0 bridgehead atoms. The summed E-state index contributed by atoms with van der Waals surface area (Å²) in [5.41, 5.74) is 0.478. The Labute approximate surface area is 175 Å². The third kappa shape index (κ3) is 3.81.